The van der Waals surface area contributed by atoms with Gasteiger partial charge in [-0.2, -0.15) is 0 Å². The van der Waals surface area contributed by atoms with Crippen LogP contribution in [0.5, 0.6) is 11.5 Å². The van der Waals surface area contributed by atoms with Gasteiger partial charge in [-0.25, -0.2) is 9.78 Å². The average molecular weight is 259 g/mol. The van der Waals surface area contributed by atoms with Gasteiger partial charge in [0.05, 0.1) is 6.54 Å². The Bertz CT molecular complexity index is 666. The van der Waals surface area contributed by atoms with E-state index in [0.29, 0.717) is 36.9 Å². The zero-order valence-corrected chi connectivity index (χ0v) is 10.2. The van der Waals surface area contributed by atoms with Crippen molar-refractivity contribution in [3.8, 4) is 11.5 Å². The van der Waals surface area contributed by atoms with E-state index in [9.17, 15) is 4.79 Å². The van der Waals surface area contributed by atoms with E-state index in [2.05, 4.69) is 4.98 Å². The number of rotatable bonds is 2. The largest absolute Gasteiger partial charge is 0.486 e. The summed E-state index contributed by atoms with van der Waals surface area (Å²) in [4.78, 5) is 15.3. The van der Waals surface area contributed by atoms with Crippen molar-refractivity contribution < 1.29 is 9.47 Å². The third-order valence-corrected chi connectivity index (χ3v) is 2.93. The lowest BCUT2D eigenvalue weighted by molar-refractivity contribution is 0.171. The Balaban J connectivity index is 1.97. The van der Waals surface area contributed by atoms with E-state index < -0.39 is 0 Å². The first-order valence-electron chi connectivity index (χ1n) is 5.93. The Labute approximate surface area is 109 Å². The van der Waals surface area contributed by atoms with Crippen LogP contribution in [0.1, 0.15) is 5.56 Å². The third kappa shape index (κ3) is 2.24. The van der Waals surface area contributed by atoms with Gasteiger partial charge in [0, 0.05) is 24.1 Å². The fourth-order valence-corrected chi connectivity index (χ4v) is 1.97. The number of hydrogen-bond donors (Lipinski definition) is 1. The van der Waals surface area contributed by atoms with E-state index in [1.165, 1.54) is 10.8 Å². The summed E-state index contributed by atoms with van der Waals surface area (Å²) < 4.78 is 12.4. The Kier molecular flexibility index (Phi) is 2.83. The van der Waals surface area contributed by atoms with E-state index >= 15 is 0 Å². The van der Waals surface area contributed by atoms with E-state index in [0.717, 1.165) is 5.56 Å². The Morgan fingerprint density at radius 2 is 2.00 bits per heavy atom. The van der Waals surface area contributed by atoms with Crippen LogP contribution in [0.25, 0.3) is 0 Å². The Morgan fingerprint density at radius 1 is 1.26 bits per heavy atom. The number of hydrogen-bond acceptors (Lipinski definition) is 5. The molecule has 0 radical (unpaired) electrons. The van der Waals surface area contributed by atoms with Crippen molar-refractivity contribution in [1.82, 2.24) is 9.55 Å². The first-order valence-corrected chi connectivity index (χ1v) is 5.93. The molecule has 98 valence electrons. The maximum Gasteiger partial charge on any atom is 0.347 e. The molecule has 0 spiro atoms. The molecule has 0 amide bonds. The highest BCUT2D eigenvalue weighted by molar-refractivity contribution is 5.58. The van der Waals surface area contributed by atoms with Gasteiger partial charge >= 0.3 is 5.69 Å². The normalized spacial score (nSPS) is 13.3. The zero-order valence-electron chi connectivity index (χ0n) is 10.2. The van der Waals surface area contributed by atoms with E-state index in [-0.39, 0.29) is 5.69 Å². The van der Waals surface area contributed by atoms with Crippen molar-refractivity contribution in [2.75, 3.05) is 18.9 Å². The van der Waals surface area contributed by atoms with E-state index in [1.807, 2.05) is 6.07 Å². The molecule has 3 rings (SSSR count). The van der Waals surface area contributed by atoms with Crippen LogP contribution in [0.15, 0.2) is 35.4 Å². The SMILES string of the molecule is Nc1cc2c(cc1Cn1cccnc1=O)OCCO2. The van der Waals surface area contributed by atoms with Crippen LogP contribution in [0.3, 0.4) is 0 Å². The Hall–Kier alpha value is -2.50. The molecule has 6 heteroatoms. The van der Waals surface area contributed by atoms with Gasteiger partial charge in [-0.05, 0) is 17.7 Å². The van der Waals surface area contributed by atoms with Gasteiger partial charge < -0.3 is 15.2 Å². The van der Waals surface area contributed by atoms with Gasteiger partial charge in [0.1, 0.15) is 13.2 Å². The van der Waals surface area contributed by atoms with Crippen molar-refractivity contribution in [2.24, 2.45) is 0 Å². The molecule has 0 atom stereocenters. The summed E-state index contributed by atoms with van der Waals surface area (Å²) >= 11 is 0. The summed E-state index contributed by atoms with van der Waals surface area (Å²) in [6.07, 6.45) is 3.14. The standard InChI is InChI=1S/C13H13N3O3/c14-10-7-12-11(18-4-5-19-12)6-9(10)8-16-3-1-2-15-13(16)17/h1-3,6-7H,4-5,8,14H2. The maximum atomic E-state index is 11.6. The molecule has 0 aliphatic carbocycles. The molecular weight excluding hydrogens is 246 g/mol. The van der Waals surface area contributed by atoms with Crippen LogP contribution in [0, 0.1) is 0 Å². The van der Waals surface area contributed by atoms with Gasteiger partial charge in [0.25, 0.3) is 0 Å². The number of ether oxygens (including phenoxy) is 2. The van der Waals surface area contributed by atoms with Crippen molar-refractivity contribution >= 4 is 5.69 Å². The Morgan fingerprint density at radius 3 is 2.74 bits per heavy atom. The van der Waals surface area contributed by atoms with Crippen LogP contribution < -0.4 is 20.9 Å². The molecule has 2 N–H and O–H groups in total. The highest BCUT2D eigenvalue weighted by Crippen LogP contribution is 2.34. The molecule has 2 aromatic rings. The fraction of sp³-hybridized carbons (Fsp3) is 0.231. The highest BCUT2D eigenvalue weighted by atomic mass is 16.6. The average Bonchev–Trinajstić information content (AvgIpc) is 2.42. The molecule has 0 fully saturated rings. The van der Waals surface area contributed by atoms with E-state index in [4.69, 9.17) is 15.2 Å². The first-order chi connectivity index (χ1) is 9.24. The molecule has 1 aromatic heterocycles. The minimum Gasteiger partial charge on any atom is -0.486 e. The van der Waals surface area contributed by atoms with Crippen molar-refractivity contribution in [1.29, 1.82) is 0 Å². The molecule has 2 heterocycles. The monoisotopic (exact) mass is 259 g/mol. The minimum atomic E-state index is -0.309. The second-order valence-corrected chi connectivity index (χ2v) is 4.22. The van der Waals surface area contributed by atoms with Gasteiger partial charge in [-0.3, -0.25) is 4.57 Å². The fourth-order valence-electron chi connectivity index (χ4n) is 1.97. The molecular formula is C13H13N3O3. The second-order valence-electron chi connectivity index (χ2n) is 4.22. The number of aromatic nitrogens is 2. The summed E-state index contributed by atoms with van der Waals surface area (Å²) in [6, 6.07) is 5.24. The van der Waals surface area contributed by atoms with Crippen LogP contribution >= 0.6 is 0 Å². The first kappa shape index (κ1) is 11.6. The lowest BCUT2D eigenvalue weighted by Crippen LogP contribution is -2.22. The molecule has 1 aliphatic rings. The second kappa shape index (κ2) is 4.64. The van der Waals surface area contributed by atoms with Gasteiger partial charge in [-0.15, -0.1) is 0 Å². The summed E-state index contributed by atoms with van der Waals surface area (Å²) in [7, 11) is 0. The van der Waals surface area contributed by atoms with Crippen LogP contribution in [-0.2, 0) is 6.54 Å². The smallest absolute Gasteiger partial charge is 0.347 e. The molecule has 6 nitrogen and oxygen atoms in total. The summed E-state index contributed by atoms with van der Waals surface area (Å²) in [5.74, 6) is 1.30. The minimum absolute atomic E-state index is 0.309. The molecule has 0 saturated heterocycles. The molecule has 0 saturated carbocycles. The van der Waals surface area contributed by atoms with Gasteiger partial charge in [-0.1, -0.05) is 0 Å². The van der Waals surface area contributed by atoms with Crippen molar-refractivity contribution in [2.45, 2.75) is 6.54 Å². The van der Waals surface area contributed by atoms with Crippen LogP contribution in [0.2, 0.25) is 0 Å². The van der Waals surface area contributed by atoms with Gasteiger partial charge in [0.2, 0.25) is 0 Å². The topological polar surface area (TPSA) is 79.4 Å². The molecule has 1 aliphatic heterocycles. The molecule has 1 aromatic carbocycles. The third-order valence-electron chi connectivity index (χ3n) is 2.93. The number of benzene rings is 1. The van der Waals surface area contributed by atoms with Crippen LogP contribution in [0.4, 0.5) is 5.69 Å². The highest BCUT2D eigenvalue weighted by Gasteiger charge is 2.15. The number of fused-ring (bicyclic) bond motifs is 1. The molecule has 0 unspecified atom stereocenters. The quantitative estimate of drug-likeness (QED) is 0.801. The predicted octanol–water partition coefficient (Wildman–Crippen LogP) is 0.645. The number of anilines is 1. The summed E-state index contributed by atoms with van der Waals surface area (Å²) in [5.41, 5.74) is 7.04. The number of nitrogen functional groups attached to an aromatic ring is 1. The molecule has 19 heavy (non-hydrogen) atoms. The van der Waals surface area contributed by atoms with Crippen molar-refractivity contribution in [3.63, 3.8) is 0 Å². The number of nitrogens with two attached hydrogens (primary N) is 1. The maximum absolute atomic E-state index is 11.6. The number of nitrogens with zero attached hydrogens (tertiary/aromatic N) is 2. The lowest BCUT2D eigenvalue weighted by Gasteiger charge is -2.20. The van der Waals surface area contributed by atoms with Crippen molar-refractivity contribution in [3.05, 3.63) is 46.6 Å². The summed E-state index contributed by atoms with van der Waals surface area (Å²) in [6.45, 7) is 1.40. The zero-order chi connectivity index (χ0) is 13.2. The predicted molar refractivity (Wildman–Crippen MR) is 69.4 cm³/mol. The van der Waals surface area contributed by atoms with E-state index in [1.54, 1.807) is 18.3 Å². The van der Waals surface area contributed by atoms with Crippen LogP contribution in [-0.4, -0.2) is 22.8 Å². The summed E-state index contributed by atoms with van der Waals surface area (Å²) in [5, 5.41) is 0. The lowest BCUT2D eigenvalue weighted by atomic mass is 10.1. The molecule has 0 bridgehead atoms. The van der Waals surface area contributed by atoms with Gasteiger partial charge in [0.15, 0.2) is 11.5 Å².